The lowest BCUT2D eigenvalue weighted by molar-refractivity contribution is 0.647. The summed E-state index contributed by atoms with van der Waals surface area (Å²) in [7, 11) is 0. The molecule has 3 nitrogen and oxygen atoms in total. The fraction of sp³-hybridized carbons (Fsp3) is 0.0714. The number of hydrogen-bond donors (Lipinski definition) is 2. The summed E-state index contributed by atoms with van der Waals surface area (Å²) in [6.45, 7) is 0. The van der Waals surface area contributed by atoms with E-state index >= 15 is 0 Å². The smallest absolute Gasteiger partial charge is 0.0803 e. The molecule has 1 atom stereocenters. The maximum Gasteiger partial charge on any atom is 0.0803 e. The Balaban J connectivity index is 2.06. The number of benzene rings is 1. The molecule has 0 saturated heterocycles. The highest BCUT2D eigenvalue weighted by molar-refractivity contribution is 9.10. The van der Waals surface area contributed by atoms with E-state index in [0.29, 0.717) is 0 Å². The molecule has 0 aliphatic rings. The molecule has 0 saturated carbocycles. The second-order valence-corrected chi connectivity index (χ2v) is 6.08. The van der Waals surface area contributed by atoms with Crippen molar-refractivity contribution in [1.82, 2.24) is 10.4 Å². The van der Waals surface area contributed by atoms with E-state index in [2.05, 4.69) is 62.1 Å². The average molecular weight is 334 g/mol. The van der Waals surface area contributed by atoms with Crippen LogP contribution in [0, 0.1) is 0 Å². The predicted molar refractivity (Wildman–Crippen MR) is 82.9 cm³/mol. The molecule has 96 valence electrons. The molecule has 0 spiro atoms. The minimum atomic E-state index is -0.0114. The Labute approximate surface area is 123 Å². The summed E-state index contributed by atoms with van der Waals surface area (Å²) in [5.41, 5.74) is 4.97. The highest BCUT2D eigenvalue weighted by atomic mass is 79.9. The van der Waals surface area contributed by atoms with Crippen LogP contribution < -0.4 is 11.3 Å². The van der Waals surface area contributed by atoms with E-state index in [-0.39, 0.29) is 6.04 Å². The summed E-state index contributed by atoms with van der Waals surface area (Å²) in [5, 5.41) is 3.19. The lowest BCUT2D eigenvalue weighted by atomic mass is 10.0. The Morgan fingerprint density at radius 2 is 2.16 bits per heavy atom. The molecule has 0 radical (unpaired) electrons. The Morgan fingerprint density at radius 1 is 1.26 bits per heavy atom. The Kier molecular flexibility index (Phi) is 3.61. The SMILES string of the molecule is NNC(c1ccc2cccnc2c1)c1cc(Br)cs1. The van der Waals surface area contributed by atoms with Gasteiger partial charge in [-0.2, -0.15) is 0 Å². The van der Waals surface area contributed by atoms with Crippen molar-refractivity contribution in [2.45, 2.75) is 6.04 Å². The van der Waals surface area contributed by atoms with Crippen molar-refractivity contribution in [1.29, 1.82) is 0 Å². The fourth-order valence-electron chi connectivity index (χ4n) is 2.09. The lowest BCUT2D eigenvalue weighted by Crippen LogP contribution is -2.28. The van der Waals surface area contributed by atoms with Gasteiger partial charge in [-0.15, -0.1) is 11.3 Å². The highest BCUT2D eigenvalue weighted by Gasteiger charge is 2.15. The lowest BCUT2D eigenvalue weighted by Gasteiger charge is -2.15. The van der Waals surface area contributed by atoms with Gasteiger partial charge in [-0.25, -0.2) is 5.43 Å². The first kappa shape index (κ1) is 12.7. The number of hydrazine groups is 1. The van der Waals surface area contributed by atoms with Gasteiger partial charge in [0.2, 0.25) is 0 Å². The first-order valence-electron chi connectivity index (χ1n) is 5.82. The first-order valence-corrected chi connectivity index (χ1v) is 7.50. The predicted octanol–water partition coefficient (Wildman–Crippen LogP) is 3.61. The topological polar surface area (TPSA) is 50.9 Å². The number of thiophene rings is 1. The molecule has 3 rings (SSSR count). The van der Waals surface area contributed by atoms with Crippen molar-refractivity contribution < 1.29 is 0 Å². The van der Waals surface area contributed by atoms with Crippen molar-refractivity contribution in [2.75, 3.05) is 0 Å². The number of nitrogens with one attached hydrogen (secondary N) is 1. The Hall–Kier alpha value is -1.27. The standard InChI is InChI=1S/C14H12BrN3S/c15-11-7-13(19-8-11)14(18-16)10-4-3-9-2-1-5-17-12(9)6-10/h1-8,14,18H,16H2. The number of aromatic nitrogens is 1. The normalized spacial score (nSPS) is 12.7. The van der Waals surface area contributed by atoms with E-state index in [1.54, 1.807) is 17.5 Å². The minimum Gasteiger partial charge on any atom is -0.271 e. The van der Waals surface area contributed by atoms with Crippen LogP contribution in [0.15, 0.2) is 52.4 Å². The largest absolute Gasteiger partial charge is 0.271 e. The zero-order valence-electron chi connectivity index (χ0n) is 10.0. The van der Waals surface area contributed by atoms with Crippen LogP contribution >= 0.6 is 27.3 Å². The first-order chi connectivity index (χ1) is 9.28. The maximum absolute atomic E-state index is 5.71. The molecule has 5 heteroatoms. The van der Waals surface area contributed by atoms with Gasteiger partial charge < -0.3 is 0 Å². The third-order valence-electron chi connectivity index (χ3n) is 3.00. The van der Waals surface area contributed by atoms with Gasteiger partial charge >= 0.3 is 0 Å². The average Bonchev–Trinajstić information content (AvgIpc) is 2.86. The van der Waals surface area contributed by atoms with Crippen molar-refractivity contribution in [3.05, 3.63) is 62.9 Å². The summed E-state index contributed by atoms with van der Waals surface area (Å²) in [6.07, 6.45) is 1.80. The molecule has 2 heterocycles. The van der Waals surface area contributed by atoms with E-state index < -0.39 is 0 Å². The molecule has 0 aliphatic carbocycles. The molecule has 0 aliphatic heterocycles. The fourth-order valence-corrected chi connectivity index (χ4v) is 3.62. The summed E-state index contributed by atoms with van der Waals surface area (Å²) in [4.78, 5) is 5.55. The van der Waals surface area contributed by atoms with E-state index in [1.165, 1.54) is 4.88 Å². The van der Waals surface area contributed by atoms with Gasteiger partial charge in [0, 0.05) is 26.3 Å². The molecule has 1 aromatic carbocycles. The molecule has 0 bridgehead atoms. The number of rotatable bonds is 3. The maximum atomic E-state index is 5.71. The van der Waals surface area contributed by atoms with Crippen molar-refractivity contribution in [2.24, 2.45) is 5.84 Å². The van der Waals surface area contributed by atoms with E-state index in [1.807, 2.05) is 6.07 Å². The molecule has 0 amide bonds. The summed E-state index contributed by atoms with van der Waals surface area (Å²) in [5.74, 6) is 5.71. The van der Waals surface area contributed by atoms with Gasteiger partial charge in [-0.1, -0.05) is 18.2 Å². The quantitative estimate of drug-likeness (QED) is 0.568. The molecule has 1 unspecified atom stereocenters. The van der Waals surface area contributed by atoms with Crippen LogP contribution in [0.2, 0.25) is 0 Å². The summed E-state index contributed by atoms with van der Waals surface area (Å²) in [6, 6.07) is 12.3. The van der Waals surface area contributed by atoms with Crippen LogP contribution in [0.25, 0.3) is 10.9 Å². The summed E-state index contributed by atoms with van der Waals surface area (Å²) < 4.78 is 1.08. The Morgan fingerprint density at radius 3 is 2.89 bits per heavy atom. The van der Waals surface area contributed by atoms with Crippen LogP contribution in [-0.4, -0.2) is 4.98 Å². The molecule has 3 N–H and O–H groups in total. The second kappa shape index (κ2) is 5.38. The van der Waals surface area contributed by atoms with Crippen LogP contribution in [0.1, 0.15) is 16.5 Å². The van der Waals surface area contributed by atoms with Crippen LogP contribution in [-0.2, 0) is 0 Å². The van der Waals surface area contributed by atoms with Crippen molar-refractivity contribution >= 4 is 38.2 Å². The number of fused-ring (bicyclic) bond motifs is 1. The zero-order valence-corrected chi connectivity index (χ0v) is 12.4. The van der Waals surface area contributed by atoms with Gasteiger partial charge in [-0.05, 0) is 39.7 Å². The molecular weight excluding hydrogens is 322 g/mol. The van der Waals surface area contributed by atoms with Gasteiger partial charge in [0.05, 0.1) is 11.6 Å². The third-order valence-corrected chi connectivity index (χ3v) is 4.76. The highest BCUT2D eigenvalue weighted by Crippen LogP contribution is 2.30. The molecule has 2 aromatic heterocycles. The molecule has 3 aromatic rings. The van der Waals surface area contributed by atoms with Crippen molar-refractivity contribution in [3.8, 4) is 0 Å². The number of nitrogens with zero attached hydrogens (tertiary/aromatic N) is 1. The van der Waals surface area contributed by atoms with Crippen LogP contribution in [0.3, 0.4) is 0 Å². The Bertz CT molecular complexity index is 710. The second-order valence-electron chi connectivity index (χ2n) is 4.22. The molecule has 0 fully saturated rings. The number of hydrogen-bond acceptors (Lipinski definition) is 4. The number of halogens is 1. The van der Waals surface area contributed by atoms with Gasteiger partial charge in [0.1, 0.15) is 0 Å². The zero-order chi connectivity index (χ0) is 13.2. The van der Waals surface area contributed by atoms with Gasteiger partial charge in [-0.3, -0.25) is 10.8 Å². The van der Waals surface area contributed by atoms with Crippen LogP contribution in [0.5, 0.6) is 0 Å². The van der Waals surface area contributed by atoms with E-state index in [9.17, 15) is 0 Å². The number of nitrogens with two attached hydrogens (primary N) is 1. The van der Waals surface area contributed by atoms with Gasteiger partial charge in [0.15, 0.2) is 0 Å². The molecule has 19 heavy (non-hydrogen) atoms. The van der Waals surface area contributed by atoms with Crippen molar-refractivity contribution in [3.63, 3.8) is 0 Å². The third kappa shape index (κ3) is 2.55. The number of pyridine rings is 1. The van der Waals surface area contributed by atoms with Gasteiger partial charge in [0.25, 0.3) is 0 Å². The molecular formula is C14H12BrN3S. The van der Waals surface area contributed by atoms with E-state index in [0.717, 1.165) is 20.9 Å². The summed E-state index contributed by atoms with van der Waals surface area (Å²) >= 11 is 5.14. The minimum absolute atomic E-state index is 0.0114. The van der Waals surface area contributed by atoms with Crippen LogP contribution in [0.4, 0.5) is 0 Å². The monoisotopic (exact) mass is 333 g/mol. The van der Waals surface area contributed by atoms with E-state index in [4.69, 9.17) is 5.84 Å².